The molecule has 110 valence electrons. The molecule has 0 rings (SSSR count). The van der Waals surface area contributed by atoms with E-state index in [1.54, 1.807) is 12.2 Å². The average Bonchev–Trinajstić information content (AvgIpc) is 2.28. The van der Waals surface area contributed by atoms with Crippen molar-refractivity contribution < 1.29 is 22.0 Å². The highest BCUT2D eigenvalue weighted by Gasteiger charge is 2.24. The van der Waals surface area contributed by atoms with Crippen LogP contribution in [0.3, 0.4) is 0 Å². The van der Waals surface area contributed by atoms with Crippen molar-refractivity contribution in [3.05, 3.63) is 25.3 Å². The van der Waals surface area contributed by atoms with E-state index in [4.69, 9.17) is 4.55 Å². The van der Waals surface area contributed by atoms with E-state index < -0.39 is 10.1 Å². The molecule has 5 nitrogen and oxygen atoms in total. The first-order chi connectivity index (χ1) is 8.89. The van der Waals surface area contributed by atoms with Gasteiger partial charge in [0.25, 0.3) is 10.1 Å². The van der Waals surface area contributed by atoms with Gasteiger partial charge in [0.15, 0.2) is 8.46 Å². The Morgan fingerprint density at radius 3 is 2.05 bits per heavy atom. The smallest absolute Gasteiger partial charge is 0.265 e. The van der Waals surface area contributed by atoms with E-state index >= 15 is 0 Å². The van der Waals surface area contributed by atoms with Crippen LogP contribution in [0.15, 0.2) is 25.3 Å². The number of quaternary nitrogens is 1. The van der Waals surface area contributed by atoms with Gasteiger partial charge in [-0.05, 0) is 12.2 Å². The van der Waals surface area contributed by atoms with Gasteiger partial charge < -0.3 is 4.48 Å². The monoisotopic (exact) mass is 308 g/mol. The molecule has 0 bridgehead atoms. The van der Waals surface area contributed by atoms with Crippen molar-refractivity contribution in [2.75, 3.05) is 38.1 Å². The molecule has 0 aromatic carbocycles. The summed E-state index contributed by atoms with van der Waals surface area (Å²) in [5.41, 5.74) is 0. The molecular weight excluding hydrogens is 285 g/mol. The molecule has 0 unspecified atom stereocenters. The summed E-state index contributed by atoms with van der Waals surface area (Å²) in [5.74, 6) is -0.235. The maximum Gasteiger partial charge on any atom is 0.265 e. The molecule has 0 aliphatic rings. The molecule has 0 fully saturated rings. The summed E-state index contributed by atoms with van der Waals surface area (Å²) in [6.45, 7) is 10.3. The number of rotatable bonds is 12. The van der Waals surface area contributed by atoms with Gasteiger partial charge >= 0.3 is 0 Å². The van der Waals surface area contributed by atoms with Gasteiger partial charge in [0.05, 0.1) is 31.9 Å². The third-order valence-electron chi connectivity index (χ3n) is 2.95. The third-order valence-corrected chi connectivity index (χ3v) is 4.25. The van der Waals surface area contributed by atoms with Gasteiger partial charge in [0, 0.05) is 19.0 Å². The van der Waals surface area contributed by atoms with Gasteiger partial charge in [-0.15, -0.1) is 0 Å². The van der Waals surface area contributed by atoms with E-state index in [1.807, 2.05) is 0 Å². The van der Waals surface area contributed by atoms with Crippen molar-refractivity contribution in [1.29, 1.82) is 0 Å². The van der Waals surface area contributed by atoms with Crippen LogP contribution in [0.2, 0.25) is 0 Å². The van der Waals surface area contributed by atoms with Gasteiger partial charge in [-0.3, -0.25) is 9.12 Å². The van der Waals surface area contributed by atoms with Gasteiger partial charge in [0.1, 0.15) is 0 Å². The van der Waals surface area contributed by atoms with Crippen LogP contribution < -0.4 is 0 Å². The maximum absolute atomic E-state index is 10.8. The van der Waals surface area contributed by atoms with Crippen molar-refractivity contribution in [2.45, 2.75) is 12.8 Å². The summed E-state index contributed by atoms with van der Waals surface area (Å²) in [6, 6.07) is 0. The lowest BCUT2D eigenvalue weighted by Crippen LogP contribution is -2.50. The Kier molecular flexibility index (Phi) is 9.10. The molecule has 0 heterocycles. The van der Waals surface area contributed by atoms with Gasteiger partial charge in [-0.2, -0.15) is 8.42 Å². The zero-order valence-corrected chi connectivity index (χ0v) is 12.9. The SMILES string of the molecule is C=CC[N+](CC=C)(CCCP=O)CCCS(=O)(=O)O. The highest BCUT2D eigenvalue weighted by molar-refractivity contribution is 7.85. The average molecular weight is 308 g/mol. The van der Waals surface area contributed by atoms with Crippen LogP contribution in [0.5, 0.6) is 0 Å². The molecule has 0 aromatic rings. The van der Waals surface area contributed by atoms with Crippen LogP contribution in [-0.4, -0.2) is 55.5 Å². The predicted molar refractivity (Wildman–Crippen MR) is 78.2 cm³/mol. The normalized spacial score (nSPS) is 12.5. The van der Waals surface area contributed by atoms with Crippen LogP contribution in [0.1, 0.15) is 12.8 Å². The Balaban J connectivity index is 4.63. The van der Waals surface area contributed by atoms with Crippen LogP contribution in [0, 0.1) is 0 Å². The highest BCUT2D eigenvalue weighted by atomic mass is 32.2. The van der Waals surface area contributed by atoms with Crippen LogP contribution >= 0.6 is 8.46 Å². The van der Waals surface area contributed by atoms with Crippen LogP contribution in [0.4, 0.5) is 0 Å². The largest absolute Gasteiger partial charge is 0.317 e. The molecule has 0 aliphatic heterocycles. The number of hydrogen-bond acceptors (Lipinski definition) is 3. The molecular formula is C12H23NO4PS+. The molecule has 0 radical (unpaired) electrons. The van der Waals surface area contributed by atoms with Crippen molar-refractivity contribution >= 4 is 18.6 Å². The first-order valence-corrected chi connectivity index (χ1v) is 8.81. The second-order valence-corrected chi connectivity index (χ2v) is 6.85. The fourth-order valence-electron chi connectivity index (χ4n) is 2.15. The van der Waals surface area contributed by atoms with Gasteiger partial charge in [0.2, 0.25) is 0 Å². The minimum Gasteiger partial charge on any atom is -0.317 e. The third kappa shape index (κ3) is 9.05. The van der Waals surface area contributed by atoms with Crippen LogP contribution in [-0.2, 0) is 14.7 Å². The van der Waals surface area contributed by atoms with Gasteiger partial charge in [-0.25, -0.2) is 0 Å². The fraction of sp³-hybridized carbons (Fsp3) is 0.667. The minimum absolute atomic E-state index is 0.126. The molecule has 19 heavy (non-hydrogen) atoms. The van der Waals surface area contributed by atoms with E-state index in [9.17, 15) is 13.0 Å². The first kappa shape index (κ1) is 18.4. The molecule has 0 atom stereocenters. The zero-order valence-electron chi connectivity index (χ0n) is 11.2. The first-order valence-electron chi connectivity index (χ1n) is 6.20. The lowest BCUT2D eigenvalue weighted by atomic mass is 10.2. The standard InChI is InChI=1S/C12H22NO4PS/c1-3-7-13(8-4-2,9-5-11-18-14)10-6-12-19(15,16)17/h3-4H,1-2,5-12H2/p+1. The quantitative estimate of drug-likeness (QED) is 0.197. The lowest BCUT2D eigenvalue weighted by Gasteiger charge is -2.37. The number of nitrogens with zero attached hydrogens (tertiary/aromatic N) is 1. The Morgan fingerprint density at radius 2 is 1.63 bits per heavy atom. The summed E-state index contributed by atoms with van der Waals surface area (Å²) < 4.78 is 41.4. The van der Waals surface area contributed by atoms with Gasteiger partial charge in [-0.1, -0.05) is 13.2 Å². The summed E-state index contributed by atoms with van der Waals surface area (Å²) in [4.78, 5) is 0. The second kappa shape index (κ2) is 9.37. The fourth-order valence-corrected chi connectivity index (χ4v) is 2.92. The molecule has 0 saturated carbocycles. The van der Waals surface area contributed by atoms with Crippen LogP contribution in [0.25, 0.3) is 0 Å². The summed E-state index contributed by atoms with van der Waals surface area (Å²) in [6.07, 6.45) is 5.36. The molecule has 0 saturated heterocycles. The summed E-state index contributed by atoms with van der Waals surface area (Å²) in [5, 5.41) is 0. The molecule has 0 aromatic heterocycles. The lowest BCUT2D eigenvalue weighted by molar-refractivity contribution is -0.917. The van der Waals surface area contributed by atoms with Crippen molar-refractivity contribution in [2.24, 2.45) is 0 Å². The predicted octanol–water partition coefficient (Wildman–Crippen LogP) is 2.13. The topological polar surface area (TPSA) is 71.4 Å². The Labute approximate surface area is 117 Å². The van der Waals surface area contributed by atoms with E-state index in [0.717, 1.165) is 13.0 Å². The number of hydrogen-bond donors (Lipinski definition) is 1. The molecule has 0 spiro atoms. The summed E-state index contributed by atoms with van der Waals surface area (Å²) >= 11 is 0. The molecule has 7 heteroatoms. The van der Waals surface area contributed by atoms with E-state index in [0.29, 0.717) is 36.7 Å². The van der Waals surface area contributed by atoms with Crippen molar-refractivity contribution in [3.63, 3.8) is 0 Å². The second-order valence-electron chi connectivity index (χ2n) is 4.58. The van der Waals surface area contributed by atoms with Crippen molar-refractivity contribution in [3.8, 4) is 0 Å². The Morgan fingerprint density at radius 1 is 1.11 bits per heavy atom. The summed E-state index contributed by atoms with van der Waals surface area (Å²) in [7, 11) is -3.79. The van der Waals surface area contributed by atoms with E-state index in [1.165, 1.54) is 0 Å². The minimum atomic E-state index is -3.91. The molecule has 1 N–H and O–H groups in total. The van der Waals surface area contributed by atoms with Crippen molar-refractivity contribution in [1.82, 2.24) is 0 Å². The highest BCUT2D eigenvalue weighted by Crippen LogP contribution is 2.13. The molecule has 0 amide bonds. The van der Waals surface area contributed by atoms with E-state index in [2.05, 4.69) is 13.2 Å². The zero-order chi connectivity index (χ0) is 14.8. The Hall–Kier alpha value is -0.550. The Bertz CT molecular complexity index is 385. The molecule has 0 aliphatic carbocycles. The maximum atomic E-state index is 10.8. The van der Waals surface area contributed by atoms with E-state index in [-0.39, 0.29) is 14.2 Å².